The van der Waals surface area contributed by atoms with Gasteiger partial charge in [-0.15, -0.1) is 0 Å². The van der Waals surface area contributed by atoms with Gasteiger partial charge in [0.1, 0.15) is 6.54 Å². The number of rotatable bonds is 6. The highest BCUT2D eigenvalue weighted by atomic mass is 16.4. The lowest BCUT2D eigenvalue weighted by atomic mass is 10.0. The number of carbonyl (C=O) groups excluding carboxylic acids is 2. The van der Waals surface area contributed by atoms with Crippen LogP contribution in [-0.4, -0.2) is 29.4 Å². The molecular formula is C20H20N2O4. The first-order valence-corrected chi connectivity index (χ1v) is 8.49. The quantitative estimate of drug-likeness (QED) is 0.835. The number of carbonyl (C=O) groups is 3. The summed E-state index contributed by atoms with van der Waals surface area (Å²) in [5.74, 6) is -1.49. The number of nitrogens with zero attached hydrogens (tertiary/aromatic N) is 1. The molecule has 0 aliphatic carbocycles. The van der Waals surface area contributed by atoms with Crippen LogP contribution in [0.4, 0.5) is 5.69 Å². The van der Waals surface area contributed by atoms with Crippen LogP contribution in [-0.2, 0) is 20.8 Å². The number of hydrogen-bond donors (Lipinski definition) is 2. The molecule has 1 atom stereocenters. The Labute approximate surface area is 151 Å². The summed E-state index contributed by atoms with van der Waals surface area (Å²) in [6.07, 6.45) is 0.806. The Balaban J connectivity index is 1.74. The summed E-state index contributed by atoms with van der Waals surface area (Å²) < 4.78 is 0. The van der Waals surface area contributed by atoms with E-state index in [1.165, 1.54) is 4.90 Å². The fourth-order valence-corrected chi connectivity index (χ4v) is 3.17. The lowest BCUT2D eigenvalue weighted by Gasteiger charge is -2.29. The van der Waals surface area contributed by atoms with Gasteiger partial charge in [0.25, 0.3) is 0 Å². The maximum Gasteiger partial charge on any atom is 0.305 e. The Kier molecular flexibility index (Phi) is 5.31. The summed E-state index contributed by atoms with van der Waals surface area (Å²) >= 11 is 0. The average Bonchev–Trinajstić information content (AvgIpc) is 2.64. The summed E-state index contributed by atoms with van der Waals surface area (Å²) in [5.41, 5.74) is 2.49. The van der Waals surface area contributed by atoms with Crippen molar-refractivity contribution in [2.75, 3.05) is 11.4 Å². The van der Waals surface area contributed by atoms with E-state index < -0.39 is 12.0 Å². The number of carboxylic acids is 1. The molecule has 1 aliphatic rings. The van der Waals surface area contributed by atoms with Gasteiger partial charge in [0.05, 0.1) is 12.5 Å². The number of aliphatic carboxylic acids is 1. The van der Waals surface area contributed by atoms with Gasteiger partial charge in [0.15, 0.2) is 0 Å². The van der Waals surface area contributed by atoms with Crippen molar-refractivity contribution in [1.29, 1.82) is 0 Å². The maximum atomic E-state index is 12.5. The molecule has 2 aromatic rings. The van der Waals surface area contributed by atoms with E-state index in [4.69, 9.17) is 5.11 Å². The molecular weight excluding hydrogens is 332 g/mol. The first-order valence-electron chi connectivity index (χ1n) is 8.49. The van der Waals surface area contributed by atoms with Gasteiger partial charge in [-0.3, -0.25) is 14.4 Å². The van der Waals surface area contributed by atoms with Crippen molar-refractivity contribution in [2.24, 2.45) is 0 Å². The Morgan fingerprint density at radius 2 is 1.73 bits per heavy atom. The van der Waals surface area contributed by atoms with Gasteiger partial charge in [-0.2, -0.15) is 0 Å². The van der Waals surface area contributed by atoms with Crippen molar-refractivity contribution in [1.82, 2.24) is 5.32 Å². The molecule has 0 saturated heterocycles. The highest BCUT2D eigenvalue weighted by Crippen LogP contribution is 2.27. The van der Waals surface area contributed by atoms with Crippen LogP contribution in [0.3, 0.4) is 0 Å². The zero-order valence-corrected chi connectivity index (χ0v) is 14.2. The van der Waals surface area contributed by atoms with Crippen LogP contribution in [0.5, 0.6) is 0 Å². The monoisotopic (exact) mass is 352 g/mol. The van der Waals surface area contributed by atoms with Crippen molar-refractivity contribution in [2.45, 2.75) is 25.3 Å². The van der Waals surface area contributed by atoms with Crippen molar-refractivity contribution in [3.63, 3.8) is 0 Å². The lowest BCUT2D eigenvalue weighted by molar-refractivity contribution is -0.137. The molecule has 2 N–H and O–H groups in total. The zero-order valence-electron chi connectivity index (χ0n) is 14.2. The summed E-state index contributed by atoms with van der Waals surface area (Å²) in [6.45, 7) is -0.126. The molecule has 6 heteroatoms. The SMILES string of the molecule is O=C(O)CC(NC(=O)CN1C(=O)CCc2ccccc21)c1ccccc1. The summed E-state index contributed by atoms with van der Waals surface area (Å²) in [5, 5.41) is 11.9. The van der Waals surface area contributed by atoms with Gasteiger partial charge in [0, 0.05) is 12.1 Å². The Morgan fingerprint density at radius 1 is 1.04 bits per heavy atom. The molecule has 0 saturated carbocycles. The molecule has 3 rings (SSSR count). The van der Waals surface area contributed by atoms with Gasteiger partial charge in [-0.25, -0.2) is 0 Å². The van der Waals surface area contributed by atoms with Crippen LogP contribution in [0.15, 0.2) is 54.6 Å². The van der Waals surface area contributed by atoms with Crippen LogP contribution in [0.2, 0.25) is 0 Å². The van der Waals surface area contributed by atoms with Crippen LogP contribution in [0.1, 0.15) is 30.0 Å². The average molecular weight is 352 g/mol. The smallest absolute Gasteiger partial charge is 0.305 e. The minimum absolute atomic E-state index is 0.103. The molecule has 6 nitrogen and oxygen atoms in total. The lowest BCUT2D eigenvalue weighted by Crippen LogP contribution is -2.44. The largest absolute Gasteiger partial charge is 0.481 e. The predicted molar refractivity (Wildman–Crippen MR) is 96.7 cm³/mol. The Hall–Kier alpha value is -3.15. The van der Waals surface area contributed by atoms with Crippen LogP contribution >= 0.6 is 0 Å². The predicted octanol–water partition coefficient (Wildman–Crippen LogP) is 2.30. The number of fused-ring (bicyclic) bond motifs is 1. The zero-order chi connectivity index (χ0) is 18.5. The van der Waals surface area contributed by atoms with Gasteiger partial charge in [-0.1, -0.05) is 48.5 Å². The fourth-order valence-electron chi connectivity index (χ4n) is 3.17. The third-order valence-corrected chi connectivity index (χ3v) is 4.41. The number of para-hydroxylation sites is 1. The van der Waals surface area contributed by atoms with E-state index in [0.29, 0.717) is 18.4 Å². The second-order valence-electron chi connectivity index (χ2n) is 6.24. The van der Waals surface area contributed by atoms with Gasteiger partial charge in [0.2, 0.25) is 11.8 Å². The topological polar surface area (TPSA) is 86.7 Å². The number of amides is 2. The Morgan fingerprint density at radius 3 is 2.46 bits per heavy atom. The third kappa shape index (κ3) is 4.08. The van der Waals surface area contributed by atoms with E-state index in [9.17, 15) is 14.4 Å². The number of benzene rings is 2. The number of hydrogen-bond acceptors (Lipinski definition) is 3. The molecule has 26 heavy (non-hydrogen) atoms. The van der Waals surface area contributed by atoms with Gasteiger partial charge in [-0.05, 0) is 23.6 Å². The van der Waals surface area contributed by atoms with Crippen LogP contribution < -0.4 is 10.2 Å². The normalized spacial score (nSPS) is 14.5. The second-order valence-corrected chi connectivity index (χ2v) is 6.24. The second kappa shape index (κ2) is 7.82. The molecule has 1 aliphatic heterocycles. The van der Waals surface area contributed by atoms with Gasteiger partial charge < -0.3 is 15.3 Å². The molecule has 2 aromatic carbocycles. The molecule has 0 radical (unpaired) electrons. The highest BCUT2D eigenvalue weighted by molar-refractivity contribution is 6.01. The standard InChI is InChI=1S/C20H20N2O4/c23-18(21-16(12-20(25)26)14-6-2-1-3-7-14)13-22-17-9-5-4-8-15(17)10-11-19(22)24/h1-9,16H,10-13H2,(H,21,23)(H,25,26). The van der Waals surface area contributed by atoms with Crippen LogP contribution in [0, 0.1) is 0 Å². The molecule has 134 valence electrons. The van der Waals surface area contributed by atoms with Crippen LogP contribution in [0.25, 0.3) is 0 Å². The molecule has 0 aromatic heterocycles. The van der Waals surface area contributed by atoms with Crippen molar-refractivity contribution in [3.05, 3.63) is 65.7 Å². The molecule has 0 fully saturated rings. The number of aryl methyl sites for hydroxylation is 1. The summed E-state index contributed by atoms with van der Waals surface area (Å²) in [4.78, 5) is 37.4. The minimum atomic E-state index is -1.00. The summed E-state index contributed by atoms with van der Waals surface area (Å²) in [6, 6.07) is 15.8. The summed E-state index contributed by atoms with van der Waals surface area (Å²) in [7, 11) is 0. The first-order chi connectivity index (χ1) is 12.5. The van der Waals surface area contributed by atoms with Crippen molar-refractivity contribution in [3.8, 4) is 0 Å². The minimum Gasteiger partial charge on any atom is -0.481 e. The number of carboxylic acid groups (broad SMARTS) is 1. The van der Waals surface area contributed by atoms with E-state index in [0.717, 1.165) is 11.3 Å². The van der Waals surface area contributed by atoms with E-state index in [2.05, 4.69) is 5.32 Å². The number of nitrogens with one attached hydrogen (secondary N) is 1. The van der Waals surface area contributed by atoms with E-state index in [1.807, 2.05) is 30.3 Å². The maximum absolute atomic E-state index is 12.5. The number of anilines is 1. The Bertz CT molecular complexity index is 820. The highest BCUT2D eigenvalue weighted by Gasteiger charge is 2.27. The molecule has 2 amide bonds. The van der Waals surface area contributed by atoms with Crippen molar-refractivity contribution >= 4 is 23.5 Å². The fraction of sp³-hybridized carbons (Fsp3) is 0.250. The molecule has 0 bridgehead atoms. The van der Waals surface area contributed by atoms with E-state index in [-0.39, 0.29) is 24.8 Å². The molecule has 1 unspecified atom stereocenters. The first kappa shape index (κ1) is 17.7. The molecule has 1 heterocycles. The van der Waals surface area contributed by atoms with Gasteiger partial charge >= 0.3 is 5.97 Å². The van der Waals surface area contributed by atoms with E-state index in [1.54, 1.807) is 24.3 Å². The van der Waals surface area contributed by atoms with Crippen molar-refractivity contribution < 1.29 is 19.5 Å². The van der Waals surface area contributed by atoms with E-state index >= 15 is 0 Å². The molecule has 0 spiro atoms. The third-order valence-electron chi connectivity index (χ3n) is 4.41.